The van der Waals surface area contributed by atoms with Crippen LogP contribution in [0.1, 0.15) is 68.9 Å². The SMILES string of the molecule is CC1C(=O)C2=C(CCCCCCC2)c2ccc(OS(N)(=O)=O)cc21. The Kier molecular flexibility index (Phi) is 4.78. The largest absolute Gasteiger partial charge is 0.380 e. The fourth-order valence-corrected chi connectivity index (χ4v) is 4.14. The fraction of sp³-hybridized carbons (Fsp3) is 0.500. The first-order valence-corrected chi connectivity index (χ1v) is 9.97. The molecule has 0 heterocycles. The Morgan fingerprint density at radius 3 is 2.33 bits per heavy atom. The van der Waals surface area contributed by atoms with Gasteiger partial charge in [-0.05, 0) is 60.1 Å². The average Bonchev–Trinajstić information content (AvgIpc) is 2.63. The summed E-state index contributed by atoms with van der Waals surface area (Å²) in [5, 5.41) is 4.94. The van der Waals surface area contributed by atoms with Crippen LogP contribution in [0, 0.1) is 0 Å². The molecule has 0 aliphatic heterocycles. The van der Waals surface area contributed by atoms with Gasteiger partial charge in [-0.3, -0.25) is 4.79 Å². The van der Waals surface area contributed by atoms with Gasteiger partial charge in [0.1, 0.15) is 5.75 Å². The van der Waals surface area contributed by atoms with Crippen molar-refractivity contribution >= 4 is 21.7 Å². The second-order valence-electron chi connectivity index (χ2n) is 6.64. The molecule has 2 aliphatic rings. The molecule has 0 radical (unpaired) electrons. The summed E-state index contributed by atoms with van der Waals surface area (Å²) < 4.78 is 27.1. The standard InChI is InChI=1S/C18H23NO4S/c1-12-17-11-13(23-24(19,21)22)9-10-15(17)14-7-5-3-2-4-6-8-16(14)18(12)20/h9-12H,2-8H2,1H3,(H2,19,21,22). The highest BCUT2D eigenvalue weighted by molar-refractivity contribution is 7.84. The zero-order valence-electron chi connectivity index (χ0n) is 13.9. The van der Waals surface area contributed by atoms with Crippen LogP contribution >= 0.6 is 0 Å². The molecule has 3 rings (SSSR count). The third kappa shape index (κ3) is 3.54. The number of carbonyl (C=O) groups excluding carboxylic acids is 1. The van der Waals surface area contributed by atoms with E-state index < -0.39 is 10.3 Å². The van der Waals surface area contributed by atoms with Crippen molar-refractivity contribution in [3.05, 3.63) is 34.9 Å². The zero-order chi connectivity index (χ0) is 17.3. The van der Waals surface area contributed by atoms with Gasteiger partial charge in [0.15, 0.2) is 5.78 Å². The summed E-state index contributed by atoms with van der Waals surface area (Å²) in [6.45, 7) is 1.87. The van der Waals surface area contributed by atoms with Gasteiger partial charge >= 0.3 is 10.3 Å². The van der Waals surface area contributed by atoms with Crippen LogP contribution in [-0.4, -0.2) is 14.2 Å². The van der Waals surface area contributed by atoms with Crippen molar-refractivity contribution in [3.63, 3.8) is 0 Å². The van der Waals surface area contributed by atoms with Crippen LogP contribution in [-0.2, 0) is 15.1 Å². The quantitative estimate of drug-likeness (QED) is 0.886. The lowest BCUT2D eigenvalue weighted by Crippen LogP contribution is -2.22. The number of Topliss-reactive ketones (excluding diaryl/α,β-unsaturated/α-hetero) is 1. The first-order valence-electron chi connectivity index (χ1n) is 8.49. The summed E-state index contributed by atoms with van der Waals surface area (Å²) in [4.78, 5) is 12.9. The van der Waals surface area contributed by atoms with Gasteiger partial charge in [0.25, 0.3) is 0 Å². The maximum Gasteiger partial charge on any atom is 0.380 e. The van der Waals surface area contributed by atoms with Gasteiger partial charge in [-0.25, -0.2) is 0 Å². The molecule has 5 nitrogen and oxygen atoms in total. The molecule has 24 heavy (non-hydrogen) atoms. The van der Waals surface area contributed by atoms with Crippen molar-refractivity contribution in [1.82, 2.24) is 0 Å². The maximum absolute atomic E-state index is 12.9. The monoisotopic (exact) mass is 349 g/mol. The molecule has 2 N–H and O–H groups in total. The van der Waals surface area contributed by atoms with E-state index in [1.54, 1.807) is 12.1 Å². The van der Waals surface area contributed by atoms with E-state index in [1.807, 2.05) is 13.0 Å². The van der Waals surface area contributed by atoms with E-state index in [1.165, 1.54) is 19.3 Å². The topological polar surface area (TPSA) is 86.5 Å². The van der Waals surface area contributed by atoms with Crippen LogP contribution in [0.4, 0.5) is 0 Å². The molecule has 2 aliphatic carbocycles. The molecule has 0 saturated heterocycles. The summed E-state index contributed by atoms with van der Waals surface area (Å²) in [6, 6.07) is 5.12. The summed E-state index contributed by atoms with van der Waals surface area (Å²) in [7, 11) is -4.07. The smallest absolute Gasteiger partial charge is 0.371 e. The lowest BCUT2D eigenvalue weighted by molar-refractivity contribution is -0.116. The Bertz CT molecular complexity index is 795. The number of fused-ring (bicyclic) bond motifs is 2. The number of benzene rings is 1. The second-order valence-corrected chi connectivity index (χ2v) is 7.79. The Balaban J connectivity index is 2.06. The lowest BCUT2D eigenvalue weighted by atomic mass is 9.76. The Morgan fingerprint density at radius 1 is 1.04 bits per heavy atom. The zero-order valence-corrected chi connectivity index (χ0v) is 14.7. The highest BCUT2D eigenvalue weighted by Crippen LogP contribution is 2.42. The Morgan fingerprint density at radius 2 is 1.67 bits per heavy atom. The summed E-state index contributed by atoms with van der Waals surface area (Å²) in [6.07, 6.45) is 7.45. The van der Waals surface area contributed by atoms with Crippen molar-refractivity contribution in [1.29, 1.82) is 0 Å². The number of hydrogen-bond acceptors (Lipinski definition) is 4. The molecule has 0 bridgehead atoms. The Hall–Kier alpha value is -1.66. The van der Waals surface area contributed by atoms with Crippen LogP contribution in [0.25, 0.3) is 5.57 Å². The number of allylic oxidation sites excluding steroid dienone is 2. The normalized spacial score (nSPS) is 22.1. The van der Waals surface area contributed by atoms with Gasteiger partial charge in [0, 0.05) is 5.92 Å². The maximum atomic E-state index is 12.9. The highest BCUT2D eigenvalue weighted by Gasteiger charge is 2.31. The van der Waals surface area contributed by atoms with Gasteiger partial charge in [-0.2, -0.15) is 13.6 Å². The molecule has 1 aromatic carbocycles. The van der Waals surface area contributed by atoms with Crippen molar-refractivity contribution in [3.8, 4) is 5.75 Å². The summed E-state index contributed by atoms with van der Waals surface area (Å²) in [5.41, 5.74) is 3.99. The number of ketones is 1. The molecule has 0 aromatic heterocycles. The third-order valence-corrected chi connectivity index (χ3v) is 5.36. The number of rotatable bonds is 2. The lowest BCUT2D eigenvalue weighted by Gasteiger charge is -2.27. The molecule has 0 spiro atoms. The minimum atomic E-state index is -4.07. The van der Waals surface area contributed by atoms with Gasteiger partial charge < -0.3 is 4.18 Å². The van der Waals surface area contributed by atoms with E-state index in [0.717, 1.165) is 48.0 Å². The van der Waals surface area contributed by atoms with Crippen LogP contribution in [0.5, 0.6) is 5.75 Å². The molecule has 0 fully saturated rings. The molecule has 130 valence electrons. The summed E-state index contributed by atoms with van der Waals surface area (Å²) >= 11 is 0. The predicted molar refractivity (Wildman–Crippen MR) is 92.8 cm³/mol. The van der Waals surface area contributed by atoms with Crippen molar-refractivity contribution < 1.29 is 17.4 Å². The van der Waals surface area contributed by atoms with E-state index in [-0.39, 0.29) is 17.5 Å². The molecular formula is C18H23NO4S. The number of nitrogens with two attached hydrogens (primary N) is 1. The van der Waals surface area contributed by atoms with Crippen molar-refractivity contribution in [2.24, 2.45) is 5.14 Å². The molecular weight excluding hydrogens is 326 g/mol. The van der Waals surface area contributed by atoms with Gasteiger partial charge in [0.05, 0.1) is 0 Å². The van der Waals surface area contributed by atoms with Crippen LogP contribution in [0.2, 0.25) is 0 Å². The van der Waals surface area contributed by atoms with E-state index in [0.29, 0.717) is 0 Å². The van der Waals surface area contributed by atoms with Gasteiger partial charge in [-0.1, -0.05) is 32.3 Å². The Labute approximate surface area is 143 Å². The molecule has 0 saturated carbocycles. The molecule has 1 aromatic rings. The van der Waals surface area contributed by atoms with Crippen molar-refractivity contribution in [2.75, 3.05) is 0 Å². The van der Waals surface area contributed by atoms with Crippen molar-refractivity contribution in [2.45, 2.75) is 57.8 Å². The summed E-state index contributed by atoms with van der Waals surface area (Å²) in [5.74, 6) is 0.0266. The van der Waals surface area contributed by atoms with Gasteiger partial charge in [-0.15, -0.1) is 0 Å². The number of carbonyl (C=O) groups is 1. The minimum Gasteiger partial charge on any atom is -0.371 e. The van der Waals surface area contributed by atoms with E-state index >= 15 is 0 Å². The van der Waals surface area contributed by atoms with E-state index in [9.17, 15) is 13.2 Å². The predicted octanol–water partition coefficient (Wildman–Crippen LogP) is 3.45. The van der Waals surface area contributed by atoms with Crippen LogP contribution in [0.3, 0.4) is 0 Å². The average molecular weight is 349 g/mol. The molecule has 0 amide bonds. The molecule has 1 unspecified atom stereocenters. The first-order chi connectivity index (χ1) is 11.4. The van der Waals surface area contributed by atoms with Gasteiger partial charge in [0.2, 0.25) is 0 Å². The highest BCUT2D eigenvalue weighted by atomic mass is 32.2. The minimum absolute atomic E-state index is 0.156. The molecule has 1 atom stereocenters. The molecule has 6 heteroatoms. The van der Waals surface area contributed by atoms with E-state index in [4.69, 9.17) is 9.32 Å². The second kappa shape index (κ2) is 6.69. The fourth-order valence-electron chi connectivity index (χ4n) is 3.77. The van der Waals surface area contributed by atoms with Crippen LogP contribution < -0.4 is 9.32 Å². The van der Waals surface area contributed by atoms with Crippen LogP contribution in [0.15, 0.2) is 23.8 Å². The third-order valence-electron chi connectivity index (χ3n) is 4.94. The first kappa shape index (κ1) is 17.2. The number of hydrogen-bond donors (Lipinski definition) is 1. The van der Waals surface area contributed by atoms with E-state index in [2.05, 4.69) is 0 Å².